The summed E-state index contributed by atoms with van der Waals surface area (Å²) in [4.78, 5) is 25.8. The molecule has 0 radical (unpaired) electrons. The van der Waals surface area contributed by atoms with E-state index in [1.54, 1.807) is 12.4 Å². The average Bonchev–Trinajstić information content (AvgIpc) is 2.79. The number of piperazine rings is 1. The fraction of sp³-hybridized carbons (Fsp3) is 0.261. The zero-order valence-corrected chi connectivity index (χ0v) is 16.4. The van der Waals surface area contributed by atoms with Gasteiger partial charge in [-0.05, 0) is 11.1 Å². The van der Waals surface area contributed by atoms with E-state index < -0.39 is 0 Å². The van der Waals surface area contributed by atoms with Crippen molar-refractivity contribution in [2.45, 2.75) is 13.1 Å². The number of benzene rings is 2. The van der Waals surface area contributed by atoms with E-state index in [0.717, 1.165) is 44.1 Å². The molecule has 1 fully saturated rings. The summed E-state index contributed by atoms with van der Waals surface area (Å²) in [7, 11) is 0. The number of carbonyl (C=O) groups excluding carboxylic acids is 1. The maximum absolute atomic E-state index is 12.3. The molecule has 1 aromatic heterocycles. The first-order chi connectivity index (χ1) is 14.3. The summed E-state index contributed by atoms with van der Waals surface area (Å²) in [6.45, 7) is 5.22. The van der Waals surface area contributed by atoms with Gasteiger partial charge < -0.3 is 10.2 Å². The van der Waals surface area contributed by atoms with Gasteiger partial charge in [0.1, 0.15) is 11.5 Å². The van der Waals surface area contributed by atoms with Crippen LogP contribution in [0.25, 0.3) is 0 Å². The summed E-state index contributed by atoms with van der Waals surface area (Å²) in [5.74, 6) is 0.615. The summed E-state index contributed by atoms with van der Waals surface area (Å²) < 4.78 is 0. The van der Waals surface area contributed by atoms with Gasteiger partial charge in [0.2, 0.25) is 0 Å². The second kappa shape index (κ2) is 9.30. The predicted molar refractivity (Wildman–Crippen MR) is 114 cm³/mol. The predicted octanol–water partition coefficient (Wildman–Crippen LogP) is 2.73. The summed E-state index contributed by atoms with van der Waals surface area (Å²) in [6, 6.07) is 20.4. The Morgan fingerprint density at radius 1 is 0.828 bits per heavy atom. The van der Waals surface area contributed by atoms with Crippen molar-refractivity contribution < 1.29 is 4.79 Å². The normalized spacial score (nSPS) is 14.6. The lowest BCUT2D eigenvalue weighted by Gasteiger charge is -2.35. The van der Waals surface area contributed by atoms with Crippen molar-refractivity contribution in [1.82, 2.24) is 20.2 Å². The number of nitrogens with one attached hydrogen (secondary N) is 1. The van der Waals surface area contributed by atoms with Gasteiger partial charge in [-0.3, -0.25) is 9.69 Å². The highest BCUT2D eigenvalue weighted by Gasteiger charge is 2.19. The second-order valence-corrected chi connectivity index (χ2v) is 7.18. The average molecular weight is 387 g/mol. The Morgan fingerprint density at radius 3 is 2.10 bits per heavy atom. The second-order valence-electron chi connectivity index (χ2n) is 7.18. The van der Waals surface area contributed by atoms with Crippen LogP contribution in [0.4, 0.5) is 5.82 Å². The van der Waals surface area contributed by atoms with Crippen molar-refractivity contribution in [2.75, 3.05) is 31.1 Å². The Hall–Kier alpha value is -3.25. The fourth-order valence-electron chi connectivity index (χ4n) is 3.45. The van der Waals surface area contributed by atoms with Crippen molar-refractivity contribution in [3.8, 4) is 0 Å². The van der Waals surface area contributed by atoms with E-state index in [1.165, 1.54) is 5.56 Å². The summed E-state index contributed by atoms with van der Waals surface area (Å²) >= 11 is 0. The molecule has 6 nitrogen and oxygen atoms in total. The lowest BCUT2D eigenvalue weighted by Crippen LogP contribution is -2.46. The molecule has 0 spiro atoms. The Kier molecular flexibility index (Phi) is 6.12. The van der Waals surface area contributed by atoms with Crippen LogP contribution in [0.3, 0.4) is 0 Å². The molecule has 1 aliphatic rings. The van der Waals surface area contributed by atoms with Gasteiger partial charge in [-0.25, -0.2) is 9.97 Å². The number of nitrogens with zero attached hydrogens (tertiary/aromatic N) is 4. The minimum atomic E-state index is -0.208. The smallest absolute Gasteiger partial charge is 0.271 e. The highest BCUT2D eigenvalue weighted by molar-refractivity contribution is 5.91. The summed E-state index contributed by atoms with van der Waals surface area (Å²) in [6.07, 6.45) is 3.26. The molecule has 0 aliphatic carbocycles. The van der Waals surface area contributed by atoms with Crippen LogP contribution in [0.1, 0.15) is 21.6 Å². The monoisotopic (exact) mass is 387 g/mol. The van der Waals surface area contributed by atoms with E-state index >= 15 is 0 Å². The topological polar surface area (TPSA) is 61.4 Å². The van der Waals surface area contributed by atoms with Crippen LogP contribution in [0.15, 0.2) is 73.1 Å². The highest BCUT2D eigenvalue weighted by atomic mass is 16.1. The number of anilines is 1. The number of carbonyl (C=O) groups is 1. The van der Waals surface area contributed by atoms with Crippen LogP contribution < -0.4 is 10.2 Å². The van der Waals surface area contributed by atoms with E-state index in [-0.39, 0.29) is 5.91 Å². The van der Waals surface area contributed by atoms with Crippen molar-refractivity contribution in [3.63, 3.8) is 0 Å². The standard InChI is InChI=1S/C23H25N5O/c29-23(26-15-19-7-3-1-4-8-19)21-16-25-22(17-24-21)28-13-11-27(12-14-28)18-20-9-5-2-6-10-20/h1-10,16-17H,11-15,18H2,(H,26,29). The molecule has 3 aromatic rings. The molecule has 1 amide bonds. The van der Waals surface area contributed by atoms with Crippen LogP contribution in [0, 0.1) is 0 Å². The number of amides is 1. The van der Waals surface area contributed by atoms with Gasteiger partial charge in [0.25, 0.3) is 5.91 Å². The summed E-state index contributed by atoms with van der Waals surface area (Å²) in [5, 5.41) is 2.88. The van der Waals surface area contributed by atoms with Crippen LogP contribution >= 0.6 is 0 Å². The minimum Gasteiger partial charge on any atom is -0.353 e. The van der Waals surface area contributed by atoms with E-state index in [1.807, 2.05) is 36.4 Å². The first-order valence-electron chi connectivity index (χ1n) is 9.93. The lowest BCUT2D eigenvalue weighted by molar-refractivity contribution is 0.0945. The minimum absolute atomic E-state index is 0.208. The first kappa shape index (κ1) is 19.1. The van der Waals surface area contributed by atoms with Crippen molar-refractivity contribution in [1.29, 1.82) is 0 Å². The Labute approximate surface area is 171 Å². The third kappa shape index (κ3) is 5.18. The van der Waals surface area contributed by atoms with Gasteiger partial charge in [-0.15, -0.1) is 0 Å². The van der Waals surface area contributed by atoms with E-state index in [0.29, 0.717) is 12.2 Å². The zero-order valence-electron chi connectivity index (χ0n) is 16.4. The van der Waals surface area contributed by atoms with Gasteiger partial charge in [0.15, 0.2) is 0 Å². The van der Waals surface area contributed by atoms with Crippen LogP contribution in [-0.2, 0) is 13.1 Å². The molecule has 6 heteroatoms. The molecule has 148 valence electrons. The zero-order chi connectivity index (χ0) is 19.9. The Morgan fingerprint density at radius 2 is 1.48 bits per heavy atom. The van der Waals surface area contributed by atoms with Gasteiger partial charge in [-0.2, -0.15) is 0 Å². The van der Waals surface area contributed by atoms with E-state index in [4.69, 9.17) is 0 Å². The van der Waals surface area contributed by atoms with Crippen LogP contribution in [-0.4, -0.2) is 47.0 Å². The number of aromatic nitrogens is 2. The maximum Gasteiger partial charge on any atom is 0.271 e. The van der Waals surface area contributed by atoms with E-state index in [9.17, 15) is 4.79 Å². The van der Waals surface area contributed by atoms with Crippen LogP contribution in [0.5, 0.6) is 0 Å². The van der Waals surface area contributed by atoms with Gasteiger partial charge in [0.05, 0.1) is 12.4 Å². The molecule has 29 heavy (non-hydrogen) atoms. The van der Waals surface area contributed by atoms with Gasteiger partial charge in [0, 0.05) is 39.3 Å². The van der Waals surface area contributed by atoms with Crippen LogP contribution in [0.2, 0.25) is 0 Å². The van der Waals surface area contributed by atoms with E-state index in [2.05, 4.69) is 49.4 Å². The number of rotatable bonds is 6. The molecule has 0 unspecified atom stereocenters. The van der Waals surface area contributed by atoms with Gasteiger partial charge in [-0.1, -0.05) is 60.7 Å². The molecular formula is C23H25N5O. The molecule has 1 saturated heterocycles. The largest absolute Gasteiger partial charge is 0.353 e. The molecule has 0 bridgehead atoms. The molecule has 0 atom stereocenters. The number of hydrogen-bond acceptors (Lipinski definition) is 5. The first-order valence-corrected chi connectivity index (χ1v) is 9.93. The molecule has 0 saturated carbocycles. The molecule has 1 aliphatic heterocycles. The SMILES string of the molecule is O=C(NCc1ccccc1)c1cnc(N2CCN(Cc3ccccc3)CC2)cn1. The molecule has 4 rings (SSSR count). The van der Waals surface area contributed by atoms with Crippen molar-refractivity contribution in [2.24, 2.45) is 0 Å². The fourth-order valence-corrected chi connectivity index (χ4v) is 3.45. The van der Waals surface area contributed by atoms with Crippen molar-refractivity contribution in [3.05, 3.63) is 89.9 Å². The molecule has 1 N–H and O–H groups in total. The van der Waals surface area contributed by atoms with Gasteiger partial charge >= 0.3 is 0 Å². The Bertz CT molecular complexity index is 907. The maximum atomic E-state index is 12.3. The Balaban J connectivity index is 1.27. The third-order valence-corrected chi connectivity index (χ3v) is 5.11. The quantitative estimate of drug-likeness (QED) is 0.705. The number of hydrogen-bond donors (Lipinski definition) is 1. The molecule has 2 aromatic carbocycles. The molecular weight excluding hydrogens is 362 g/mol. The molecule has 2 heterocycles. The lowest BCUT2D eigenvalue weighted by atomic mass is 10.2. The highest BCUT2D eigenvalue weighted by Crippen LogP contribution is 2.14. The third-order valence-electron chi connectivity index (χ3n) is 5.11. The van der Waals surface area contributed by atoms with Crippen molar-refractivity contribution >= 4 is 11.7 Å². The summed E-state index contributed by atoms with van der Waals surface area (Å²) in [5.41, 5.74) is 2.73.